The Kier molecular flexibility index (Phi) is 2.63. The Morgan fingerprint density at radius 2 is 2.25 bits per heavy atom. The third-order valence-electron chi connectivity index (χ3n) is 2.65. The highest BCUT2D eigenvalue weighted by Gasteiger charge is 2.25. The molecule has 0 aromatic carbocycles. The molecule has 0 radical (unpaired) electrons. The molecular weight excluding hydrogens is 154 g/mol. The van der Waals surface area contributed by atoms with Gasteiger partial charge in [0.1, 0.15) is 0 Å². The second kappa shape index (κ2) is 3.73. The third kappa shape index (κ3) is 2.19. The topological polar surface area (TPSA) is 25.0 Å². The Balaban J connectivity index is 1.68. The molecule has 2 aliphatic rings. The summed E-state index contributed by atoms with van der Waals surface area (Å²) in [6.07, 6.45) is 1.77. The van der Waals surface area contributed by atoms with E-state index in [-0.39, 0.29) is 0 Å². The fourth-order valence-electron chi connectivity index (χ4n) is 1.64. The molecule has 0 amide bonds. The minimum Gasteiger partial charge on any atom is -0.379 e. The fraction of sp³-hybridized carbons (Fsp3) is 1.00. The van der Waals surface area contributed by atoms with Crippen molar-refractivity contribution < 1.29 is 9.47 Å². The van der Waals surface area contributed by atoms with E-state index in [1.54, 1.807) is 0 Å². The van der Waals surface area contributed by atoms with E-state index >= 15 is 0 Å². The van der Waals surface area contributed by atoms with E-state index in [4.69, 9.17) is 9.47 Å². The first-order valence-electron chi connectivity index (χ1n) is 4.79. The lowest BCUT2D eigenvalue weighted by molar-refractivity contribution is -0.00142. The lowest BCUT2D eigenvalue weighted by Crippen LogP contribution is -2.44. The van der Waals surface area contributed by atoms with Crippen LogP contribution in [0.25, 0.3) is 0 Å². The number of rotatable bonds is 3. The molecule has 0 aromatic heterocycles. The largest absolute Gasteiger partial charge is 0.379 e. The highest BCUT2D eigenvalue weighted by atomic mass is 16.6. The Morgan fingerprint density at radius 1 is 1.42 bits per heavy atom. The summed E-state index contributed by atoms with van der Waals surface area (Å²) in [6, 6.07) is 0.595. The van der Waals surface area contributed by atoms with Crippen molar-refractivity contribution in [3.8, 4) is 0 Å². The molecule has 0 saturated carbocycles. The van der Waals surface area contributed by atoms with Gasteiger partial charge in [0.05, 0.1) is 25.9 Å². The zero-order valence-corrected chi connectivity index (χ0v) is 7.66. The van der Waals surface area contributed by atoms with Crippen LogP contribution in [0.4, 0.5) is 0 Å². The van der Waals surface area contributed by atoms with Gasteiger partial charge in [-0.1, -0.05) is 0 Å². The van der Waals surface area contributed by atoms with E-state index in [0.717, 1.165) is 26.4 Å². The zero-order valence-electron chi connectivity index (χ0n) is 7.66. The number of morpholine rings is 1. The van der Waals surface area contributed by atoms with Crippen LogP contribution in [0.5, 0.6) is 0 Å². The molecule has 0 aromatic rings. The van der Waals surface area contributed by atoms with Gasteiger partial charge in [0, 0.05) is 19.1 Å². The van der Waals surface area contributed by atoms with Gasteiger partial charge in [0.15, 0.2) is 0 Å². The molecule has 3 nitrogen and oxygen atoms in total. The van der Waals surface area contributed by atoms with E-state index in [9.17, 15) is 0 Å². The van der Waals surface area contributed by atoms with Gasteiger partial charge < -0.3 is 9.47 Å². The smallest absolute Gasteiger partial charge is 0.0822 e. The average molecular weight is 171 g/mol. The normalized spacial score (nSPS) is 36.8. The molecular formula is C9H17NO2. The Labute approximate surface area is 73.6 Å². The predicted octanol–water partition coefficient (Wildman–Crippen LogP) is 0.496. The van der Waals surface area contributed by atoms with Crippen LogP contribution in [-0.2, 0) is 9.47 Å². The van der Waals surface area contributed by atoms with Crippen molar-refractivity contribution in [3.63, 3.8) is 0 Å². The zero-order chi connectivity index (χ0) is 8.39. The summed E-state index contributed by atoms with van der Waals surface area (Å²) in [4.78, 5) is 2.49. The van der Waals surface area contributed by atoms with Crippen LogP contribution in [0.1, 0.15) is 13.3 Å². The molecule has 3 heteroatoms. The molecule has 2 fully saturated rings. The summed E-state index contributed by atoms with van der Waals surface area (Å²) in [5.74, 6) is 0. The average Bonchev–Trinajstić information content (AvgIpc) is 2.86. The van der Waals surface area contributed by atoms with Crippen LogP contribution in [0.15, 0.2) is 0 Å². The van der Waals surface area contributed by atoms with Gasteiger partial charge in [-0.25, -0.2) is 0 Å². The molecule has 2 aliphatic heterocycles. The molecule has 2 unspecified atom stereocenters. The van der Waals surface area contributed by atoms with E-state index in [1.165, 1.54) is 13.0 Å². The van der Waals surface area contributed by atoms with Crippen molar-refractivity contribution in [2.75, 3.05) is 32.9 Å². The molecule has 70 valence electrons. The monoisotopic (exact) mass is 171 g/mol. The summed E-state index contributed by atoms with van der Waals surface area (Å²) in [5.41, 5.74) is 0. The molecule has 2 atom stereocenters. The standard InChI is InChI=1S/C9H17NO2/c1-8-6-11-5-4-10(8)3-2-9-7-12-9/h8-9H,2-7H2,1H3. The van der Waals surface area contributed by atoms with Crippen LogP contribution in [0.2, 0.25) is 0 Å². The third-order valence-corrected chi connectivity index (χ3v) is 2.65. The minimum absolute atomic E-state index is 0.569. The highest BCUT2D eigenvalue weighted by molar-refractivity contribution is 4.75. The maximum atomic E-state index is 5.36. The number of hydrogen-bond acceptors (Lipinski definition) is 3. The van der Waals surface area contributed by atoms with Crippen LogP contribution >= 0.6 is 0 Å². The summed E-state index contributed by atoms with van der Waals surface area (Å²) >= 11 is 0. The molecule has 12 heavy (non-hydrogen) atoms. The van der Waals surface area contributed by atoms with Crippen molar-refractivity contribution >= 4 is 0 Å². The Morgan fingerprint density at radius 3 is 2.92 bits per heavy atom. The van der Waals surface area contributed by atoms with Gasteiger partial charge in [0.25, 0.3) is 0 Å². The fourth-order valence-corrected chi connectivity index (χ4v) is 1.64. The number of epoxide rings is 1. The quantitative estimate of drug-likeness (QED) is 0.578. The van der Waals surface area contributed by atoms with Crippen LogP contribution in [0.3, 0.4) is 0 Å². The minimum atomic E-state index is 0.569. The van der Waals surface area contributed by atoms with Gasteiger partial charge in [-0.15, -0.1) is 0 Å². The van der Waals surface area contributed by atoms with Crippen molar-refractivity contribution in [3.05, 3.63) is 0 Å². The molecule has 2 rings (SSSR count). The van der Waals surface area contributed by atoms with Crippen LogP contribution in [0, 0.1) is 0 Å². The highest BCUT2D eigenvalue weighted by Crippen LogP contribution is 2.15. The summed E-state index contributed by atoms with van der Waals surface area (Å²) in [7, 11) is 0. The second-order valence-corrected chi connectivity index (χ2v) is 3.70. The summed E-state index contributed by atoms with van der Waals surface area (Å²) in [6.45, 7) is 7.27. The number of hydrogen-bond donors (Lipinski definition) is 0. The number of ether oxygens (including phenoxy) is 2. The van der Waals surface area contributed by atoms with E-state index in [2.05, 4.69) is 11.8 Å². The van der Waals surface area contributed by atoms with Crippen LogP contribution < -0.4 is 0 Å². The molecule has 0 bridgehead atoms. The maximum Gasteiger partial charge on any atom is 0.0822 e. The van der Waals surface area contributed by atoms with Crippen molar-refractivity contribution in [2.24, 2.45) is 0 Å². The van der Waals surface area contributed by atoms with Crippen LogP contribution in [-0.4, -0.2) is 50.0 Å². The molecule has 0 aliphatic carbocycles. The summed E-state index contributed by atoms with van der Waals surface area (Å²) in [5, 5.41) is 0. The molecule has 2 saturated heterocycles. The Bertz CT molecular complexity index is 147. The van der Waals surface area contributed by atoms with Gasteiger partial charge >= 0.3 is 0 Å². The van der Waals surface area contributed by atoms with Crippen molar-refractivity contribution in [2.45, 2.75) is 25.5 Å². The SMILES string of the molecule is CC1COCCN1CCC1CO1. The first-order valence-corrected chi connectivity index (χ1v) is 4.79. The maximum absolute atomic E-state index is 5.36. The molecule has 0 spiro atoms. The molecule has 0 N–H and O–H groups in total. The van der Waals surface area contributed by atoms with E-state index in [1.807, 2.05) is 0 Å². The lowest BCUT2D eigenvalue weighted by atomic mass is 10.2. The molecule has 2 heterocycles. The predicted molar refractivity (Wildman–Crippen MR) is 46.2 cm³/mol. The Hall–Kier alpha value is -0.120. The second-order valence-electron chi connectivity index (χ2n) is 3.70. The van der Waals surface area contributed by atoms with E-state index in [0.29, 0.717) is 12.1 Å². The van der Waals surface area contributed by atoms with Crippen molar-refractivity contribution in [1.82, 2.24) is 4.90 Å². The van der Waals surface area contributed by atoms with Gasteiger partial charge in [0.2, 0.25) is 0 Å². The van der Waals surface area contributed by atoms with Gasteiger partial charge in [-0.2, -0.15) is 0 Å². The van der Waals surface area contributed by atoms with E-state index < -0.39 is 0 Å². The number of nitrogens with zero attached hydrogens (tertiary/aromatic N) is 1. The first kappa shape index (κ1) is 8.48. The van der Waals surface area contributed by atoms with Crippen molar-refractivity contribution in [1.29, 1.82) is 0 Å². The summed E-state index contributed by atoms with van der Waals surface area (Å²) < 4.78 is 10.5. The lowest BCUT2D eigenvalue weighted by Gasteiger charge is -2.32. The van der Waals surface area contributed by atoms with Gasteiger partial charge in [-0.05, 0) is 13.3 Å². The van der Waals surface area contributed by atoms with Gasteiger partial charge in [-0.3, -0.25) is 4.90 Å². The first-order chi connectivity index (χ1) is 5.86.